The Labute approximate surface area is 196 Å². The Bertz CT molecular complexity index is 1120. The molecule has 0 radical (unpaired) electrons. The van der Waals surface area contributed by atoms with E-state index in [9.17, 15) is 14.7 Å². The first-order valence-corrected chi connectivity index (χ1v) is 11.8. The SMILES string of the molecule is CC1CC2(C[C@H]3CC[C@H](C2)N3C[C@H](O)c2ccc(-n3cnnn3)nc2)C(=O)N1C1=CC(=O)OC1. The highest BCUT2D eigenvalue weighted by atomic mass is 16.5. The van der Waals surface area contributed by atoms with Crippen LogP contribution in [0.15, 0.2) is 36.4 Å². The van der Waals surface area contributed by atoms with E-state index >= 15 is 0 Å². The summed E-state index contributed by atoms with van der Waals surface area (Å²) in [6.45, 7) is 2.75. The highest BCUT2D eigenvalue weighted by molar-refractivity contribution is 5.91. The summed E-state index contributed by atoms with van der Waals surface area (Å²) in [4.78, 5) is 33.7. The number of carbonyl (C=O) groups is 2. The molecule has 4 aliphatic rings. The van der Waals surface area contributed by atoms with E-state index in [1.807, 2.05) is 6.07 Å². The smallest absolute Gasteiger partial charge is 0.333 e. The van der Waals surface area contributed by atoms with E-state index < -0.39 is 11.5 Å². The molecular formula is C23H27N7O4. The predicted molar refractivity (Wildman–Crippen MR) is 117 cm³/mol. The number of likely N-dealkylation sites (tertiary alicyclic amines) is 1. The van der Waals surface area contributed by atoms with Crippen LogP contribution in [-0.4, -0.2) is 83.3 Å². The van der Waals surface area contributed by atoms with Gasteiger partial charge < -0.3 is 14.7 Å². The van der Waals surface area contributed by atoms with E-state index in [0.29, 0.717) is 18.1 Å². The molecule has 6 rings (SSSR count). The van der Waals surface area contributed by atoms with Gasteiger partial charge in [0.25, 0.3) is 0 Å². The van der Waals surface area contributed by atoms with Gasteiger partial charge in [-0.05, 0) is 55.5 Å². The van der Waals surface area contributed by atoms with E-state index in [2.05, 4.69) is 32.3 Å². The summed E-state index contributed by atoms with van der Waals surface area (Å²) in [5.74, 6) is 0.341. The number of cyclic esters (lactones) is 1. The Morgan fingerprint density at radius 1 is 1.21 bits per heavy atom. The highest BCUT2D eigenvalue weighted by Crippen LogP contribution is 2.53. The van der Waals surface area contributed by atoms with Crippen molar-refractivity contribution in [3.63, 3.8) is 0 Å². The second-order valence-corrected chi connectivity index (χ2v) is 9.96. The van der Waals surface area contributed by atoms with Gasteiger partial charge in [-0.1, -0.05) is 6.07 Å². The molecule has 1 N–H and O–H groups in total. The molecule has 11 heteroatoms. The topological polar surface area (TPSA) is 127 Å². The zero-order valence-electron chi connectivity index (χ0n) is 18.9. The maximum atomic E-state index is 13.6. The van der Waals surface area contributed by atoms with Gasteiger partial charge >= 0.3 is 5.97 Å². The quantitative estimate of drug-likeness (QED) is 0.637. The first-order valence-electron chi connectivity index (χ1n) is 11.8. The van der Waals surface area contributed by atoms with Crippen molar-refractivity contribution in [2.45, 2.75) is 63.3 Å². The minimum Gasteiger partial charge on any atom is -0.456 e. The molecule has 0 aliphatic carbocycles. The first-order chi connectivity index (χ1) is 16.4. The normalized spacial score (nSPS) is 31.9. The van der Waals surface area contributed by atoms with Gasteiger partial charge in [-0.25, -0.2) is 9.78 Å². The number of fused-ring (bicyclic) bond motifs is 2. The fraction of sp³-hybridized carbons (Fsp3) is 0.565. The number of rotatable bonds is 5. The monoisotopic (exact) mass is 465 g/mol. The molecule has 3 saturated heterocycles. The molecule has 0 aromatic carbocycles. The minimum absolute atomic E-state index is 0.0505. The van der Waals surface area contributed by atoms with Crippen LogP contribution in [0.3, 0.4) is 0 Å². The van der Waals surface area contributed by atoms with Crippen LogP contribution in [0.1, 0.15) is 50.7 Å². The zero-order chi connectivity index (χ0) is 23.4. The van der Waals surface area contributed by atoms with Gasteiger partial charge in [-0.15, -0.1) is 5.10 Å². The third-order valence-electron chi connectivity index (χ3n) is 7.90. The molecule has 2 aromatic heterocycles. The third kappa shape index (κ3) is 3.41. The van der Waals surface area contributed by atoms with Gasteiger partial charge in [0, 0.05) is 42.5 Å². The third-order valence-corrected chi connectivity index (χ3v) is 7.90. The van der Waals surface area contributed by atoms with Crippen molar-refractivity contribution >= 4 is 11.9 Å². The number of tetrazole rings is 1. The lowest BCUT2D eigenvalue weighted by molar-refractivity contribution is -0.140. The molecule has 178 valence electrons. The summed E-state index contributed by atoms with van der Waals surface area (Å²) in [5.41, 5.74) is 1.03. The summed E-state index contributed by atoms with van der Waals surface area (Å²) < 4.78 is 6.52. The largest absolute Gasteiger partial charge is 0.456 e. The second-order valence-electron chi connectivity index (χ2n) is 9.96. The van der Waals surface area contributed by atoms with Crippen LogP contribution in [0.4, 0.5) is 0 Å². The number of carbonyl (C=O) groups excluding carboxylic acids is 2. The number of aromatic nitrogens is 5. The van der Waals surface area contributed by atoms with Gasteiger partial charge in [0.15, 0.2) is 5.82 Å². The van der Waals surface area contributed by atoms with Gasteiger partial charge in [0.05, 0.1) is 17.2 Å². The molecule has 4 atom stereocenters. The fourth-order valence-corrected chi connectivity index (χ4v) is 6.50. The maximum Gasteiger partial charge on any atom is 0.333 e. The lowest BCUT2D eigenvalue weighted by Crippen LogP contribution is -2.51. The predicted octanol–water partition coefficient (Wildman–Crippen LogP) is 0.765. The molecule has 3 fully saturated rings. The van der Waals surface area contributed by atoms with Crippen molar-refractivity contribution in [3.8, 4) is 5.82 Å². The summed E-state index contributed by atoms with van der Waals surface area (Å²) in [6, 6.07) is 4.20. The molecule has 1 amide bonds. The molecular weight excluding hydrogens is 438 g/mol. The second kappa shape index (κ2) is 7.95. The van der Waals surface area contributed by atoms with E-state index in [1.165, 1.54) is 17.1 Å². The molecule has 1 unspecified atom stereocenters. The van der Waals surface area contributed by atoms with Gasteiger partial charge in [-0.2, -0.15) is 4.68 Å². The number of amides is 1. The average molecular weight is 466 g/mol. The molecule has 0 saturated carbocycles. The van der Waals surface area contributed by atoms with Crippen LogP contribution in [-0.2, 0) is 14.3 Å². The number of hydrogen-bond acceptors (Lipinski definition) is 9. The van der Waals surface area contributed by atoms with Crippen LogP contribution < -0.4 is 0 Å². The Morgan fingerprint density at radius 3 is 2.62 bits per heavy atom. The van der Waals surface area contributed by atoms with Gasteiger partial charge in [-0.3, -0.25) is 9.69 Å². The Morgan fingerprint density at radius 2 is 2.00 bits per heavy atom. The number of aliphatic hydroxyl groups excluding tert-OH is 1. The van der Waals surface area contributed by atoms with Crippen molar-refractivity contribution < 1.29 is 19.4 Å². The highest BCUT2D eigenvalue weighted by Gasteiger charge is 2.58. The van der Waals surface area contributed by atoms with Crippen molar-refractivity contribution in [1.82, 2.24) is 35.0 Å². The average Bonchev–Trinajstić information content (AvgIpc) is 3.59. The Hall–Kier alpha value is -3.18. The number of ether oxygens (including phenoxy) is 1. The summed E-state index contributed by atoms with van der Waals surface area (Å²) in [7, 11) is 0. The number of hydrogen-bond donors (Lipinski definition) is 1. The van der Waals surface area contributed by atoms with Crippen molar-refractivity contribution in [3.05, 3.63) is 42.0 Å². The number of pyridine rings is 1. The van der Waals surface area contributed by atoms with E-state index in [1.54, 1.807) is 17.2 Å². The number of nitrogens with zero attached hydrogens (tertiary/aromatic N) is 7. The van der Waals surface area contributed by atoms with E-state index in [0.717, 1.165) is 37.7 Å². The molecule has 4 aliphatic heterocycles. The summed E-state index contributed by atoms with van der Waals surface area (Å²) >= 11 is 0. The molecule has 1 spiro atoms. The van der Waals surface area contributed by atoms with Crippen LogP contribution in [0.5, 0.6) is 0 Å². The fourth-order valence-electron chi connectivity index (χ4n) is 6.50. The van der Waals surface area contributed by atoms with Crippen molar-refractivity contribution in [2.75, 3.05) is 13.2 Å². The lowest BCUT2D eigenvalue weighted by Gasteiger charge is -2.44. The maximum absolute atomic E-state index is 13.6. The summed E-state index contributed by atoms with van der Waals surface area (Å²) in [5, 5.41) is 22.0. The van der Waals surface area contributed by atoms with Gasteiger partial charge in [0.2, 0.25) is 5.91 Å². The molecule has 11 nitrogen and oxygen atoms in total. The van der Waals surface area contributed by atoms with Crippen molar-refractivity contribution in [1.29, 1.82) is 0 Å². The zero-order valence-corrected chi connectivity index (χ0v) is 18.9. The minimum atomic E-state index is -0.672. The molecule has 6 heterocycles. The first kappa shape index (κ1) is 21.4. The lowest BCUT2D eigenvalue weighted by atomic mass is 9.72. The van der Waals surface area contributed by atoms with Gasteiger partial charge in [0.1, 0.15) is 12.9 Å². The van der Waals surface area contributed by atoms with Crippen molar-refractivity contribution in [2.24, 2.45) is 5.41 Å². The van der Waals surface area contributed by atoms with Crippen LogP contribution >= 0.6 is 0 Å². The van der Waals surface area contributed by atoms with E-state index in [-0.39, 0.29) is 36.6 Å². The molecule has 2 aromatic rings. The van der Waals surface area contributed by atoms with E-state index in [4.69, 9.17) is 4.74 Å². The van der Waals surface area contributed by atoms with Crippen LogP contribution in [0.2, 0.25) is 0 Å². The number of aliphatic hydroxyl groups is 1. The molecule has 2 bridgehead atoms. The summed E-state index contributed by atoms with van der Waals surface area (Å²) in [6.07, 6.45) is 8.34. The molecule has 34 heavy (non-hydrogen) atoms. The Balaban J connectivity index is 1.15. The van der Waals surface area contributed by atoms with Crippen LogP contribution in [0, 0.1) is 5.41 Å². The standard InChI is InChI=1S/C23H27N7O4/c1-14-7-23(22(33)30(14)18-6-21(32)34-12-18)8-16-3-4-17(9-23)28(16)11-19(31)15-2-5-20(24-10-15)29-13-25-26-27-29/h2,5-6,10,13-14,16-17,19,31H,3-4,7-9,11-12H2,1H3/t14?,16-,17-,19+/m1/s1. The Kier molecular flexibility index (Phi) is 4.99. The number of piperidine rings is 1. The number of esters is 1. The van der Waals surface area contributed by atoms with Crippen LogP contribution in [0.25, 0.3) is 5.82 Å².